The third-order valence-electron chi connectivity index (χ3n) is 1.37. The first-order chi connectivity index (χ1) is 5.85. The first-order valence-corrected chi connectivity index (χ1v) is 4.69. The second-order valence-corrected chi connectivity index (χ2v) is 2.70. The molecule has 0 fully saturated rings. The van der Waals surface area contributed by atoms with E-state index in [0.29, 0.717) is 0 Å². The molecule has 0 saturated heterocycles. The third-order valence-corrected chi connectivity index (χ3v) is 1.37. The molecule has 0 aliphatic carbocycles. The molecule has 0 atom stereocenters. The molecule has 0 aliphatic heterocycles. The van der Waals surface area contributed by atoms with E-state index in [1.165, 1.54) is 0 Å². The van der Waals surface area contributed by atoms with Crippen molar-refractivity contribution in [3.63, 3.8) is 0 Å². The average molecular weight is 170 g/mol. The second-order valence-electron chi connectivity index (χ2n) is 2.70. The van der Waals surface area contributed by atoms with Gasteiger partial charge in [-0.2, -0.15) is 0 Å². The van der Waals surface area contributed by atoms with Crippen LogP contribution in [0.15, 0.2) is 12.7 Å². The summed E-state index contributed by atoms with van der Waals surface area (Å²) in [6.07, 6.45) is 4.67. The highest BCUT2D eigenvalue weighted by Gasteiger charge is 2.14. The number of rotatable bonds is 8. The van der Waals surface area contributed by atoms with Gasteiger partial charge in [-0.15, -0.1) is 6.58 Å². The van der Waals surface area contributed by atoms with Crippen LogP contribution in [0.4, 0.5) is 0 Å². The van der Waals surface area contributed by atoms with E-state index in [9.17, 15) is 0 Å². The molecule has 0 amide bonds. The average Bonchev–Trinajstić information content (AvgIpc) is 2.10. The van der Waals surface area contributed by atoms with Crippen LogP contribution >= 0.6 is 0 Å². The van der Waals surface area contributed by atoms with Crippen LogP contribution in [0.3, 0.4) is 0 Å². The lowest BCUT2D eigenvalue weighted by Gasteiger charge is -2.11. The van der Waals surface area contributed by atoms with Gasteiger partial charge in [-0.3, -0.25) is 0 Å². The molecule has 0 heterocycles. The monoisotopic (exact) mass is 170 g/mol. The lowest BCUT2D eigenvalue weighted by Crippen LogP contribution is -2.22. The van der Waals surface area contributed by atoms with Gasteiger partial charge in [0.25, 0.3) is 0 Å². The van der Waals surface area contributed by atoms with Gasteiger partial charge in [0.1, 0.15) is 0 Å². The SMILES string of the molecule is C=CCB(OCCC)OCCC. The smallest absolute Gasteiger partial charge is 0.411 e. The maximum absolute atomic E-state index is 5.44. The standard InChI is InChI=1S/C9H19BO2/c1-4-7-10(11-8-5-2)12-9-6-3/h4H,1,5-9H2,2-3H3. The summed E-state index contributed by atoms with van der Waals surface area (Å²) in [6.45, 7) is 9.36. The summed E-state index contributed by atoms with van der Waals surface area (Å²) in [5.41, 5.74) is 0. The molecule has 70 valence electrons. The fraction of sp³-hybridized carbons (Fsp3) is 0.778. The van der Waals surface area contributed by atoms with Gasteiger partial charge in [-0.25, -0.2) is 0 Å². The Morgan fingerprint density at radius 2 is 1.67 bits per heavy atom. The lowest BCUT2D eigenvalue weighted by molar-refractivity contribution is 0.199. The molecular formula is C9H19BO2. The molecule has 0 N–H and O–H groups in total. The minimum Gasteiger partial charge on any atom is -0.411 e. The lowest BCUT2D eigenvalue weighted by atomic mass is 9.84. The molecule has 0 spiro atoms. The zero-order valence-electron chi connectivity index (χ0n) is 8.21. The molecule has 0 rings (SSSR count). The predicted octanol–water partition coefficient (Wildman–Crippen LogP) is 2.51. The van der Waals surface area contributed by atoms with Crippen LogP contribution in [-0.4, -0.2) is 20.3 Å². The van der Waals surface area contributed by atoms with Crippen molar-refractivity contribution in [3.8, 4) is 0 Å². The van der Waals surface area contributed by atoms with Gasteiger partial charge in [-0.1, -0.05) is 19.9 Å². The van der Waals surface area contributed by atoms with Crippen molar-refractivity contribution in [2.24, 2.45) is 0 Å². The Balaban J connectivity index is 3.46. The summed E-state index contributed by atoms with van der Waals surface area (Å²) in [7, 11) is -0.0811. The van der Waals surface area contributed by atoms with E-state index in [1.807, 2.05) is 6.08 Å². The van der Waals surface area contributed by atoms with E-state index in [0.717, 1.165) is 32.4 Å². The number of hydrogen-bond donors (Lipinski definition) is 0. The van der Waals surface area contributed by atoms with E-state index < -0.39 is 0 Å². The second kappa shape index (κ2) is 8.82. The fourth-order valence-corrected chi connectivity index (χ4v) is 0.819. The van der Waals surface area contributed by atoms with Crippen molar-refractivity contribution >= 4 is 7.12 Å². The molecule has 0 unspecified atom stereocenters. The van der Waals surface area contributed by atoms with Gasteiger partial charge in [0.2, 0.25) is 0 Å². The highest BCUT2D eigenvalue weighted by molar-refractivity contribution is 6.44. The minimum absolute atomic E-state index is 0.0811. The van der Waals surface area contributed by atoms with Crippen LogP contribution in [0.25, 0.3) is 0 Å². The van der Waals surface area contributed by atoms with E-state index in [1.54, 1.807) is 0 Å². The Hall–Kier alpha value is -0.275. The molecule has 0 saturated carbocycles. The van der Waals surface area contributed by atoms with Crippen LogP contribution in [0.2, 0.25) is 6.32 Å². The minimum atomic E-state index is -0.0811. The summed E-state index contributed by atoms with van der Waals surface area (Å²) < 4.78 is 10.9. The summed E-state index contributed by atoms with van der Waals surface area (Å²) in [5, 5.41) is 0. The van der Waals surface area contributed by atoms with Crippen molar-refractivity contribution in [3.05, 3.63) is 12.7 Å². The van der Waals surface area contributed by atoms with Gasteiger partial charge in [-0.05, 0) is 19.2 Å². The van der Waals surface area contributed by atoms with Crippen LogP contribution < -0.4 is 0 Å². The highest BCUT2D eigenvalue weighted by Crippen LogP contribution is 1.99. The largest absolute Gasteiger partial charge is 0.460 e. The Morgan fingerprint density at radius 3 is 2.00 bits per heavy atom. The van der Waals surface area contributed by atoms with E-state index >= 15 is 0 Å². The van der Waals surface area contributed by atoms with Crippen LogP contribution in [0.1, 0.15) is 26.7 Å². The molecular weight excluding hydrogens is 151 g/mol. The third kappa shape index (κ3) is 6.44. The molecule has 12 heavy (non-hydrogen) atoms. The molecule has 0 aromatic heterocycles. The summed E-state index contributed by atoms with van der Waals surface area (Å²) >= 11 is 0. The Labute approximate surface area is 76.1 Å². The van der Waals surface area contributed by atoms with Crippen LogP contribution in [0, 0.1) is 0 Å². The molecule has 2 nitrogen and oxygen atoms in total. The molecule has 0 bridgehead atoms. The van der Waals surface area contributed by atoms with Gasteiger partial charge in [0.05, 0.1) is 0 Å². The molecule has 3 heteroatoms. The van der Waals surface area contributed by atoms with E-state index in [-0.39, 0.29) is 7.12 Å². The molecule has 0 aliphatic rings. The Kier molecular flexibility index (Phi) is 8.62. The maximum Gasteiger partial charge on any atom is 0.460 e. The van der Waals surface area contributed by atoms with Gasteiger partial charge in [0, 0.05) is 13.2 Å². The van der Waals surface area contributed by atoms with Crippen molar-refractivity contribution in [1.29, 1.82) is 0 Å². The van der Waals surface area contributed by atoms with Crippen molar-refractivity contribution in [2.45, 2.75) is 33.0 Å². The van der Waals surface area contributed by atoms with E-state index in [2.05, 4.69) is 20.4 Å². The van der Waals surface area contributed by atoms with Crippen LogP contribution in [0.5, 0.6) is 0 Å². The van der Waals surface area contributed by atoms with Crippen LogP contribution in [-0.2, 0) is 9.31 Å². The number of hydrogen-bond acceptors (Lipinski definition) is 2. The topological polar surface area (TPSA) is 18.5 Å². The maximum atomic E-state index is 5.44. The Morgan fingerprint density at radius 1 is 1.17 bits per heavy atom. The zero-order chi connectivity index (χ0) is 9.23. The van der Waals surface area contributed by atoms with Crippen molar-refractivity contribution in [1.82, 2.24) is 0 Å². The molecule has 0 aromatic carbocycles. The van der Waals surface area contributed by atoms with Crippen molar-refractivity contribution < 1.29 is 9.31 Å². The van der Waals surface area contributed by atoms with Gasteiger partial charge in [0.15, 0.2) is 0 Å². The first kappa shape index (κ1) is 11.7. The normalized spacial score (nSPS) is 9.83. The summed E-state index contributed by atoms with van der Waals surface area (Å²) in [4.78, 5) is 0. The quantitative estimate of drug-likeness (QED) is 0.411. The fourth-order valence-electron chi connectivity index (χ4n) is 0.819. The van der Waals surface area contributed by atoms with Gasteiger partial charge >= 0.3 is 7.12 Å². The highest BCUT2D eigenvalue weighted by atomic mass is 16.6. The molecule has 0 aromatic rings. The number of allylic oxidation sites excluding steroid dienone is 1. The predicted molar refractivity (Wildman–Crippen MR) is 53.2 cm³/mol. The summed E-state index contributed by atoms with van der Waals surface area (Å²) in [5.74, 6) is 0. The van der Waals surface area contributed by atoms with Gasteiger partial charge < -0.3 is 9.31 Å². The first-order valence-electron chi connectivity index (χ1n) is 4.69. The van der Waals surface area contributed by atoms with E-state index in [4.69, 9.17) is 9.31 Å². The molecule has 0 radical (unpaired) electrons. The summed E-state index contributed by atoms with van der Waals surface area (Å²) in [6, 6.07) is 0. The Bertz CT molecular complexity index is 98.7. The van der Waals surface area contributed by atoms with Crippen molar-refractivity contribution in [2.75, 3.05) is 13.2 Å². The zero-order valence-corrected chi connectivity index (χ0v) is 8.21.